The van der Waals surface area contributed by atoms with Gasteiger partial charge < -0.3 is 0 Å². The average molecular weight is 689 g/mol. The van der Waals surface area contributed by atoms with Crippen molar-refractivity contribution in [1.29, 1.82) is 0 Å². The molecule has 0 bridgehead atoms. The van der Waals surface area contributed by atoms with Crippen LogP contribution in [0.2, 0.25) is 0 Å². The Morgan fingerprint density at radius 2 is 0.481 bits per heavy atom. The number of hydrogen-bond donors (Lipinski definition) is 0. The van der Waals surface area contributed by atoms with Crippen LogP contribution in [0.4, 0.5) is 0 Å². The second kappa shape index (κ2) is 16.5. The number of rotatable bonds is 7. The van der Waals surface area contributed by atoms with Crippen LogP contribution in [0.25, 0.3) is 56.0 Å². The maximum Gasteiger partial charge on any atom is -0.0105 e. The fourth-order valence-electron chi connectivity index (χ4n) is 6.90. The molecule has 9 aromatic rings. The molecule has 0 amide bonds. The van der Waals surface area contributed by atoms with Crippen LogP contribution >= 0.6 is 0 Å². The van der Waals surface area contributed by atoms with E-state index < -0.39 is 0 Å². The van der Waals surface area contributed by atoms with Gasteiger partial charge in [-0.3, -0.25) is 0 Å². The topological polar surface area (TPSA) is 0 Å². The Balaban J connectivity index is 0.000000245. The van der Waals surface area contributed by atoms with Crippen molar-refractivity contribution in [3.63, 3.8) is 0 Å². The highest BCUT2D eigenvalue weighted by Gasteiger charge is 2.07. The summed E-state index contributed by atoms with van der Waals surface area (Å²) in [5.74, 6) is 0. The van der Waals surface area contributed by atoms with Crippen molar-refractivity contribution in [2.24, 2.45) is 0 Å². The summed E-state index contributed by atoms with van der Waals surface area (Å²) in [5.41, 5.74) is 12.1. The van der Waals surface area contributed by atoms with Crippen molar-refractivity contribution in [2.75, 3.05) is 0 Å². The molecule has 9 aromatic carbocycles. The first-order valence-electron chi connectivity index (χ1n) is 18.5. The van der Waals surface area contributed by atoms with Crippen molar-refractivity contribution in [2.45, 2.75) is 0 Å². The first-order valence-corrected chi connectivity index (χ1v) is 18.5. The average Bonchev–Trinajstić information content (AvgIpc) is 3.26. The van der Waals surface area contributed by atoms with E-state index in [1.807, 2.05) is 0 Å². The first-order chi connectivity index (χ1) is 26.8. The van der Waals surface area contributed by atoms with E-state index in [-0.39, 0.29) is 0 Å². The summed E-state index contributed by atoms with van der Waals surface area (Å²) >= 11 is 0. The quantitative estimate of drug-likeness (QED) is 0.115. The van der Waals surface area contributed by atoms with Gasteiger partial charge >= 0.3 is 0 Å². The molecule has 0 radical (unpaired) electrons. The van der Waals surface area contributed by atoms with Crippen molar-refractivity contribution in [1.82, 2.24) is 0 Å². The van der Waals surface area contributed by atoms with Gasteiger partial charge in [-0.25, -0.2) is 0 Å². The van der Waals surface area contributed by atoms with Crippen LogP contribution in [0.3, 0.4) is 0 Å². The molecule has 0 saturated carbocycles. The molecule has 0 aliphatic carbocycles. The van der Waals surface area contributed by atoms with E-state index in [4.69, 9.17) is 0 Å². The molecule has 0 heteroatoms. The molecule has 9 rings (SSSR count). The van der Waals surface area contributed by atoms with Crippen LogP contribution in [0.15, 0.2) is 231 Å². The number of fused-ring (bicyclic) bond motifs is 2. The molecule has 54 heavy (non-hydrogen) atoms. The molecular formula is C54H40. The molecule has 0 aliphatic rings. The fraction of sp³-hybridized carbons (Fsp3) is 0. The highest BCUT2D eigenvalue weighted by molar-refractivity contribution is 5.98. The molecule has 256 valence electrons. The lowest BCUT2D eigenvalue weighted by Crippen LogP contribution is -1.88. The largest absolute Gasteiger partial charge is 0.0622 e. The van der Waals surface area contributed by atoms with E-state index in [1.165, 1.54) is 77.2 Å². The zero-order valence-electron chi connectivity index (χ0n) is 30.1. The molecule has 0 atom stereocenters. The van der Waals surface area contributed by atoms with Crippen LogP contribution in [-0.4, -0.2) is 0 Å². The molecular weight excluding hydrogens is 649 g/mol. The normalized spacial score (nSPS) is 10.6. The highest BCUT2D eigenvalue weighted by Crippen LogP contribution is 2.30. The van der Waals surface area contributed by atoms with Crippen molar-refractivity contribution in [3.8, 4) is 11.1 Å². The van der Waals surface area contributed by atoms with E-state index in [0.29, 0.717) is 0 Å². The van der Waals surface area contributed by atoms with Gasteiger partial charge in [-0.15, -0.1) is 0 Å². The lowest BCUT2D eigenvalue weighted by molar-refractivity contribution is 1.54. The Morgan fingerprint density at radius 3 is 0.741 bits per heavy atom. The Kier molecular flexibility index (Phi) is 10.4. The Morgan fingerprint density at radius 1 is 0.241 bits per heavy atom. The SMILES string of the molecule is C(=C(c1ccccc1)c1ccccc1)c1ccc(-c2ccc(C=C(c3ccccc3)c3ccccc3)cc2)cc1.c1ccc2cc3ccccc3cc2c1. The van der Waals surface area contributed by atoms with Gasteiger partial charge in [-0.2, -0.15) is 0 Å². The minimum atomic E-state index is 1.18. The summed E-state index contributed by atoms with van der Waals surface area (Å²) in [4.78, 5) is 0. The van der Waals surface area contributed by atoms with Crippen LogP contribution in [0.5, 0.6) is 0 Å². The van der Waals surface area contributed by atoms with Gasteiger partial charge in [0, 0.05) is 0 Å². The summed E-state index contributed by atoms with van der Waals surface area (Å²) in [5, 5.41) is 5.25. The zero-order valence-corrected chi connectivity index (χ0v) is 30.1. The van der Waals surface area contributed by atoms with Gasteiger partial charge in [-0.05, 0) is 101 Å². The van der Waals surface area contributed by atoms with Gasteiger partial charge in [0.2, 0.25) is 0 Å². The van der Waals surface area contributed by atoms with E-state index in [1.54, 1.807) is 0 Å². The van der Waals surface area contributed by atoms with E-state index in [9.17, 15) is 0 Å². The van der Waals surface area contributed by atoms with E-state index in [2.05, 4.69) is 243 Å². The molecule has 0 saturated heterocycles. The predicted molar refractivity (Wildman–Crippen MR) is 233 cm³/mol. The van der Waals surface area contributed by atoms with Crippen molar-refractivity contribution < 1.29 is 0 Å². The number of benzene rings is 9. The fourth-order valence-corrected chi connectivity index (χ4v) is 6.90. The highest BCUT2D eigenvalue weighted by atomic mass is 14.1. The minimum absolute atomic E-state index is 1.18. The van der Waals surface area contributed by atoms with Gasteiger partial charge in [-0.1, -0.05) is 218 Å². The Labute approximate surface area is 318 Å². The van der Waals surface area contributed by atoms with E-state index in [0.717, 1.165) is 0 Å². The number of hydrogen-bond acceptors (Lipinski definition) is 0. The van der Waals surface area contributed by atoms with Gasteiger partial charge in [0.15, 0.2) is 0 Å². The Bertz CT molecular complexity index is 2310. The molecule has 0 N–H and O–H groups in total. The second-order valence-electron chi connectivity index (χ2n) is 13.4. The van der Waals surface area contributed by atoms with Crippen LogP contribution in [0, 0.1) is 0 Å². The predicted octanol–water partition coefficient (Wildman–Crippen LogP) is 14.5. The Hall–Kier alpha value is -7.02. The standard InChI is InChI=1S/C40H30.C14H10/c1-5-13-35(14-6-1)39(36-15-7-2-8-16-36)29-31-21-25-33(26-22-31)34-27-23-32(24-28-34)30-40(37-17-9-3-10-18-37)38-19-11-4-12-20-38;1-2-6-12-10-14-8-4-3-7-13(14)9-11(12)5-1/h1-30H;1-10H. The van der Waals surface area contributed by atoms with Gasteiger partial charge in [0.1, 0.15) is 0 Å². The molecule has 0 unspecified atom stereocenters. The summed E-state index contributed by atoms with van der Waals surface area (Å²) in [6, 6.07) is 81.5. The van der Waals surface area contributed by atoms with Crippen LogP contribution in [-0.2, 0) is 0 Å². The minimum Gasteiger partial charge on any atom is -0.0622 e. The molecule has 0 aromatic heterocycles. The molecule has 0 aliphatic heterocycles. The van der Waals surface area contributed by atoms with Crippen LogP contribution < -0.4 is 0 Å². The first kappa shape index (κ1) is 34.1. The molecule has 0 heterocycles. The molecule has 0 fully saturated rings. The van der Waals surface area contributed by atoms with Gasteiger partial charge in [0.25, 0.3) is 0 Å². The third kappa shape index (κ3) is 8.20. The van der Waals surface area contributed by atoms with Crippen LogP contribution in [0.1, 0.15) is 33.4 Å². The lowest BCUT2D eigenvalue weighted by Gasteiger charge is -2.10. The smallest absolute Gasteiger partial charge is 0.0105 e. The monoisotopic (exact) mass is 688 g/mol. The molecule has 0 spiro atoms. The maximum atomic E-state index is 2.27. The van der Waals surface area contributed by atoms with Gasteiger partial charge in [0.05, 0.1) is 0 Å². The van der Waals surface area contributed by atoms with E-state index >= 15 is 0 Å². The lowest BCUT2D eigenvalue weighted by atomic mass is 9.94. The second-order valence-corrected chi connectivity index (χ2v) is 13.4. The third-order valence-electron chi connectivity index (χ3n) is 9.73. The third-order valence-corrected chi connectivity index (χ3v) is 9.73. The maximum absolute atomic E-state index is 2.27. The van der Waals surface area contributed by atoms with Crippen molar-refractivity contribution in [3.05, 3.63) is 264 Å². The summed E-state index contributed by atoms with van der Waals surface area (Å²) in [6.45, 7) is 0. The molecule has 0 nitrogen and oxygen atoms in total. The summed E-state index contributed by atoms with van der Waals surface area (Å²) in [6.07, 6.45) is 4.55. The summed E-state index contributed by atoms with van der Waals surface area (Å²) in [7, 11) is 0. The summed E-state index contributed by atoms with van der Waals surface area (Å²) < 4.78 is 0. The van der Waals surface area contributed by atoms with Crippen molar-refractivity contribution >= 4 is 44.8 Å². The zero-order chi connectivity index (χ0) is 36.4.